The molecule has 0 saturated carbocycles. The van der Waals surface area contributed by atoms with Gasteiger partial charge in [0.15, 0.2) is 23.0 Å². The number of nitrogen functional groups attached to an aromatic ring is 1. The number of aromatic nitrogens is 4. The van der Waals surface area contributed by atoms with E-state index in [0.717, 1.165) is 42.7 Å². The summed E-state index contributed by atoms with van der Waals surface area (Å²) >= 11 is 0. The number of nitrogens with two attached hydrogens (primary N) is 1. The van der Waals surface area contributed by atoms with Gasteiger partial charge < -0.3 is 25.1 Å². The van der Waals surface area contributed by atoms with Crippen LogP contribution in [0.5, 0.6) is 17.5 Å². The van der Waals surface area contributed by atoms with Crippen molar-refractivity contribution >= 4 is 11.5 Å². The van der Waals surface area contributed by atoms with Gasteiger partial charge in [-0.2, -0.15) is 4.98 Å². The van der Waals surface area contributed by atoms with E-state index in [9.17, 15) is 5.11 Å². The molecule has 2 heterocycles. The Morgan fingerprint density at radius 1 is 1.16 bits per heavy atom. The number of hydrogen-bond acceptors (Lipinski definition) is 8. The van der Waals surface area contributed by atoms with E-state index in [1.807, 2.05) is 18.2 Å². The van der Waals surface area contributed by atoms with Crippen molar-refractivity contribution in [2.24, 2.45) is 0 Å². The molecule has 3 N–H and O–H groups in total. The first-order valence-electron chi connectivity index (χ1n) is 11.2. The molecule has 0 amide bonds. The number of hydrogen-bond donors (Lipinski definition) is 2. The summed E-state index contributed by atoms with van der Waals surface area (Å²) in [5.41, 5.74) is 8.46. The van der Waals surface area contributed by atoms with E-state index in [2.05, 4.69) is 28.9 Å². The lowest BCUT2D eigenvalue weighted by Crippen LogP contribution is -2.20. The summed E-state index contributed by atoms with van der Waals surface area (Å²) in [7, 11) is 1.64. The zero-order chi connectivity index (χ0) is 22.9. The first kappa shape index (κ1) is 23.6. The molecule has 32 heavy (non-hydrogen) atoms. The molecule has 0 radical (unpaired) electrons. The summed E-state index contributed by atoms with van der Waals surface area (Å²) in [5, 5.41) is 13.8. The second-order valence-electron chi connectivity index (χ2n) is 7.67. The smallest absolute Gasteiger partial charge is 0.336 e. The van der Waals surface area contributed by atoms with Gasteiger partial charge in [-0.15, -0.1) is 5.10 Å². The van der Waals surface area contributed by atoms with Crippen molar-refractivity contribution in [2.75, 3.05) is 26.1 Å². The SMILES string of the molecule is CCCCOc1ccc(Cc2cnc3c(N)nc(OC(CCC)CCO)nn23)cc1OC. The van der Waals surface area contributed by atoms with E-state index in [-0.39, 0.29) is 24.5 Å². The number of nitrogens with zero attached hydrogens (tertiary/aromatic N) is 4. The van der Waals surface area contributed by atoms with Gasteiger partial charge in [0, 0.05) is 19.4 Å². The molecule has 0 bridgehead atoms. The molecule has 9 nitrogen and oxygen atoms in total. The number of unbranched alkanes of at least 4 members (excludes halogenated alkanes) is 1. The van der Waals surface area contributed by atoms with E-state index in [0.29, 0.717) is 30.8 Å². The molecule has 1 unspecified atom stereocenters. The molecular weight excluding hydrogens is 410 g/mol. The van der Waals surface area contributed by atoms with Crippen molar-refractivity contribution in [2.45, 2.75) is 58.5 Å². The maximum atomic E-state index is 9.29. The van der Waals surface area contributed by atoms with Crippen molar-refractivity contribution in [1.82, 2.24) is 19.6 Å². The Balaban J connectivity index is 1.83. The lowest BCUT2D eigenvalue weighted by molar-refractivity contribution is 0.133. The second kappa shape index (κ2) is 11.5. The fourth-order valence-corrected chi connectivity index (χ4v) is 3.45. The largest absolute Gasteiger partial charge is 0.493 e. The predicted molar refractivity (Wildman–Crippen MR) is 122 cm³/mol. The Bertz CT molecular complexity index is 1000. The van der Waals surface area contributed by atoms with Crippen molar-refractivity contribution < 1.29 is 19.3 Å². The highest BCUT2D eigenvalue weighted by atomic mass is 16.5. The van der Waals surface area contributed by atoms with Gasteiger partial charge >= 0.3 is 6.01 Å². The Morgan fingerprint density at radius 2 is 2.00 bits per heavy atom. The van der Waals surface area contributed by atoms with Crippen LogP contribution >= 0.6 is 0 Å². The third-order valence-electron chi connectivity index (χ3n) is 5.14. The minimum absolute atomic E-state index is 0.0404. The van der Waals surface area contributed by atoms with Crippen molar-refractivity contribution in [3.8, 4) is 17.5 Å². The zero-order valence-corrected chi connectivity index (χ0v) is 19.1. The highest BCUT2D eigenvalue weighted by Gasteiger charge is 2.16. The van der Waals surface area contributed by atoms with Crippen LogP contribution in [0.15, 0.2) is 24.4 Å². The normalized spacial score (nSPS) is 12.1. The van der Waals surface area contributed by atoms with Gasteiger partial charge in [-0.1, -0.05) is 32.8 Å². The number of aliphatic hydroxyl groups excluding tert-OH is 1. The highest BCUT2D eigenvalue weighted by molar-refractivity contribution is 5.60. The molecule has 1 atom stereocenters. The molecule has 0 aliphatic heterocycles. The predicted octanol–water partition coefficient (Wildman–Crippen LogP) is 3.41. The molecule has 0 spiro atoms. The first-order valence-corrected chi connectivity index (χ1v) is 11.2. The highest BCUT2D eigenvalue weighted by Crippen LogP contribution is 2.29. The fourth-order valence-electron chi connectivity index (χ4n) is 3.45. The van der Waals surface area contributed by atoms with Crippen LogP contribution in [0.2, 0.25) is 0 Å². The minimum Gasteiger partial charge on any atom is -0.493 e. The Kier molecular flexibility index (Phi) is 8.49. The topological polar surface area (TPSA) is 117 Å². The lowest BCUT2D eigenvalue weighted by Gasteiger charge is -2.16. The van der Waals surface area contributed by atoms with Crippen LogP contribution in [0.1, 0.15) is 57.2 Å². The van der Waals surface area contributed by atoms with Gasteiger partial charge in [0.1, 0.15) is 6.10 Å². The lowest BCUT2D eigenvalue weighted by atomic mass is 10.1. The molecule has 0 saturated heterocycles. The molecule has 174 valence electrons. The standard InChI is InChI=1S/C23H33N5O4/c1-4-6-12-31-19-9-8-16(14-20(19)30-3)13-17-15-25-22-21(24)26-23(27-28(17)22)32-18(7-5-2)10-11-29/h8-9,14-15,18,29H,4-7,10-13H2,1-3H3,(H2,24,26,27). The van der Waals surface area contributed by atoms with Crippen LogP contribution in [0.3, 0.4) is 0 Å². The number of ether oxygens (including phenoxy) is 3. The summed E-state index contributed by atoms with van der Waals surface area (Å²) in [6.45, 7) is 4.89. The average molecular weight is 444 g/mol. The van der Waals surface area contributed by atoms with Crippen molar-refractivity contribution in [3.63, 3.8) is 0 Å². The molecule has 1 aromatic carbocycles. The number of rotatable bonds is 13. The minimum atomic E-state index is -0.168. The van der Waals surface area contributed by atoms with E-state index >= 15 is 0 Å². The Morgan fingerprint density at radius 3 is 2.72 bits per heavy atom. The summed E-state index contributed by atoms with van der Waals surface area (Å²) in [6.07, 6.45) is 6.44. The molecule has 0 aliphatic carbocycles. The fraction of sp³-hybridized carbons (Fsp3) is 0.522. The van der Waals surface area contributed by atoms with Crippen LogP contribution < -0.4 is 19.9 Å². The first-order chi connectivity index (χ1) is 15.6. The van der Waals surface area contributed by atoms with Crippen LogP contribution in [-0.2, 0) is 6.42 Å². The number of anilines is 1. The molecule has 9 heteroatoms. The maximum absolute atomic E-state index is 9.29. The number of fused-ring (bicyclic) bond motifs is 1. The van der Waals surface area contributed by atoms with E-state index in [4.69, 9.17) is 19.9 Å². The number of imidazole rings is 1. The van der Waals surface area contributed by atoms with Gasteiger partial charge in [-0.25, -0.2) is 9.50 Å². The zero-order valence-electron chi connectivity index (χ0n) is 19.1. The summed E-state index contributed by atoms with van der Waals surface area (Å²) in [6, 6.07) is 6.07. The van der Waals surface area contributed by atoms with Crippen LogP contribution in [0, 0.1) is 0 Å². The third kappa shape index (κ3) is 5.79. The van der Waals surface area contributed by atoms with Crippen LogP contribution in [0.25, 0.3) is 5.65 Å². The maximum Gasteiger partial charge on any atom is 0.336 e. The molecular formula is C23H33N5O4. The molecule has 0 fully saturated rings. The average Bonchev–Trinajstić information content (AvgIpc) is 3.18. The molecule has 3 rings (SSSR count). The summed E-state index contributed by atoms with van der Waals surface area (Å²) < 4.78 is 18.9. The van der Waals surface area contributed by atoms with Crippen molar-refractivity contribution in [3.05, 3.63) is 35.7 Å². The number of aliphatic hydroxyl groups is 1. The Hall–Kier alpha value is -3.07. The quantitative estimate of drug-likeness (QED) is 0.386. The van der Waals surface area contributed by atoms with Gasteiger partial charge in [0.05, 0.1) is 25.6 Å². The number of benzene rings is 1. The van der Waals surface area contributed by atoms with Gasteiger partial charge in [-0.05, 0) is 30.5 Å². The second-order valence-corrected chi connectivity index (χ2v) is 7.67. The van der Waals surface area contributed by atoms with E-state index < -0.39 is 0 Å². The molecule has 0 aliphatic rings. The summed E-state index contributed by atoms with van der Waals surface area (Å²) in [5.74, 6) is 1.67. The Labute approximate surface area is 188 Å². The third-order valence-corrected chi connectivity index (χ3v) is 5.14. The van der Waals surface area contributed by atoms with Crippen LogP contribution in [-0.4, -0.2) is 51.1 Å². The van der Waals surface area contributed by atoms with E-state index in [1.165, 1.54) is 0 Å². The van der Waals surface area contributed by atoms with Gasteiger partial charge in [0.2, 0.25) is 0 Å². The monoisotopic (exact) mass is 443 g/mol. The van der Waals surface area contributed by atoms with Gasteiger partial charge in [0.25, 0.3) is 0 Å². The van der Waals surface area contributed by atoms with E-state index in [1.54, 1.807) is 17.8 Å². The molecule has 2 aromatic heterocycles. The number of methoxy groups -OCH3 is 1. The molecule has 3 aromatic rings. The summed E-state index contributed by atoms with van der Waals surface area (Å²) in [4.78, 5) is 8.62. The van der Waals surface area contributed by atoms with Crippen molar-refractivity contribution in [1.29, 1.82) is 0 Å². The van der Waals surface area contributed by atoms with Crippen LogP contribution in [0.4, 0.5) is 5.82 Å². The van der Waals surface area contributed by atoms with Gasteiger partial charge in [-0.3, -0.25) is 0 Å².